The van der Waals surface area contributed by atoms with E-state index in [4.69, 9.17) is 4.74 Å². The first-order valence-corrected chi connectivity index (χ1v) is 8.74. The summed E-state index contributed by atoms with van der Waals surface area (Å²) in [5.41, 5.74) is 3.59. The number of likely N-dealkylation sites (tertiary alicyclic amines) is 1. The Morgan fingerprint density at radius 3 is 2.73 bits per heavy atom. The van der Waals surface area contributed by atoms with Gasteiger partial charge in [0.25, 0.3) is 0 Å². The summed E-state index contributed by atoms with van der Waals surface area (Å²) in [6.07, 6.45) is 2.04. The number of rotatable bonds is 5. The van der Waals surface area contributed by atoms with E-state index >= 15 is 0 Å². The summed E-state index contributed by atoms with van der Waals surface area (Å²) in [4.78, 5) is 30.0. The third kappa shape index (κ3) is 3.00. The van der Waals surface area contributed by atoms with E-state index in [0.717, 1.165) is 34.3 Å². The van der Waals surface area contributed by atoms with E-state index in [1.54, 1.807) is 11.8 Å². The highest BCUT2D eigenvalue weighted by molar-refractivity contribution is 5.87. The Morgan fingerprint density at radius 2 is 2.08 bits per heavy atom. The van der Waals surface area contributed by atoms with Crippen LogP contribution in [0.2, 0.25) is 0 Å². The number of pyridine rings is 1. The van der Waals surface area contributed by atoms with Crippen LogP contribution in [0.3, 0.4) is 0 Å². The number of carbonyl (C=O) groups excluding carboxylic acids is 1. The summed E-state index contributed by atoms with van der Waals surface area (Å²) < 4.78 is 7.04. The van der Waals surface area contributed by atoms with Crippen LogP contribution in [0.25, 0.3) is 11.0 Å². The van der Waals surface area contributed by atoms with Crippen LogP contribution in [0, 0.1) is 13.8 Å². The van der Waals surface area contributed by atoms with Crippen molar-refractivity contribution >= 4 is 22.9 Å². The Labute approximate surface area is 151 Å². The Hall–Kier alpha value is -2.64. The maximum atomic E-state index is 12.5. The number of fused-ring (bicyclic) bond motifs is 1. The van der Waals surface area contributed by atoms with Gasteiger partial charge in [-0.25, -0.2) is 14.5 Å². The topological polar surface area (TPSA) is 97.5 Å². The highest BCUT2D eigenvalue weighted by Crippen LogP contribution is 2.30. The maximum Gasteiger partial charge on any atom is 0.326 e. The van der Waals surface area contributed by atoms with Crippen LogP contribution in [0.5, 0.6) is 5.88 Å². The molecule has 2 aromatic heterocycles. The summed E-state index contributed by atoms with van der Waals surface area (Å²) in [5.74, 6) is -0.524. The van der Waals surface area contributed by atoms with E-state index in [-0.39, 0.29) is 12.3 Å². The Kier molecular flexibility index (Phi) is 4.84. The van der Waals surface area contributed by atoms with Crippen molar-refractivity contribution in [2.75, 3.05) is 13.7 Å². The second-order valence-corrected chi connectivity index (χ2v) is 6.72. The molecule has 1 atom stereocenters. The highest BCUT2D eigenvalue weighted by atomic mass is 16.5. The molecule has 0 bridgehead atoms. The van der Waals surface area contributed by atoms with Gasteiger partial charge in [-0.1, -0.05) is 0 Å². The van der Waals surface area contributed by atoms with E-state index in [9.17, 15) is 14.7 Å². The van der Waals surface area contributed by atoms with E-state index in [2.05, 4.69) is 10.1 Å². The van der Waals surface area contributed by atoms with Crippen molar-refractivity contribution in [3.63, 3.8) is 0 Å². The van der Waals surface area contributed by atoms with Gasteiger partial charge in [-0.2, -0.15) is 0 Å². The fourth-order valence-electron chi connectivity index (χ4n) is 3.80. The summed E-state index contributed by atoms with van der Waals surface area (Å²) in [5, 5.41) is 14.4. The molecule has 8 heteroatoms. The highest BCUT2D eigenvalue weighted by Gasteiger charge is 2.33. The molecule has 8 nitrogen and oxygen atoms in total. The summed E-state index contributed by atoms with van der Waals surface area (Å²) in [6.45, 7) is 4.42. The molecule has 3 heterocycles. The van der Waals surface area contributed by atoms with E-state index in [1.807, 2.05) is 20.9 Å². The maximum absolute atomic E-state index is 12.5. The van der Waals surface area contributed by atoms with Crippen LogP contribution in [0.4, 0.5) is 0 Å². The number of amides is 1. The molecular formula is C18H24N4O4. The van der Waals surface area contributed by atoms with Gasteiger partial charge in [0.2, 0.25) is 11.8 Å². The molecule has 1 aliphatic rings. The quantitative estimate of drug-likeness (QED) is 0.870. The summed E-state index contributed by atoms with van der Waals surface area (Å²) in [7, 11) is 3.39. The van der Waals surface area contributed by atoms with Gasteiger partial charge in [0, 0.05) is 25.7 Å². The molecule has 0 spiro atoms. The molecule has 1 fully saturated rings. The predicted molar refractivity (Wildman–Crippen MR) is 95.2 cm³/mol. The molecule has 0 aromatic carbocycles. The van der Waals surface area contributed by atoms with Crippen LogP contribution in [0.15, 0.2) is 0 Å². The smallest absolute Gasteiger partial charge is 0.326 e. The lowest BCUT2D eigenvalue weighted by Crippen LogP contribution is -2.40. The molecule has 0 unspecified atom stereocenters. The number of carbonyl (C=O) groups is 2. The number of hydrogen-bond acceptors (Lipinski definition) is 5. The van der Waals surface area contributed by atoms with E-state index in [0.29, 0.717) is 25.3 Å². The molecule has 0 aliphatic carbocycles. The van der Waals surface area contributed by atoms with Gasteiger partial charge in [-0.3, -0.25) is 4.79 Å². The van der Waals surface area contributed by atoms with E-state index in [1.165, 1.54) is 4.90 Å². The number of hydrogen-bond donors (Lipinski definition) is 1. The molecule has 2 aromatic rings. The minimum absolute atomic E-state index is 0.119. The molecule has 0 radical (unpaired) electrons. The zero-order chi connectivity index (χ0) is 19.0. The largest absolute Gasteiger partial charge is 0.480 e. The number of aliphatic carboxylic acids is 1. The zero-order valence-electron chi connectivity index (χ0n) is 15.6. The number of methoxy groups -OCH3 is 1. The van der Waals surface area contributed by atoms with Crippen LogP contribution in [-0.4, -0.2) is 56.3 Å². The number of nitrogens with zero attached hydrogens (tertiary/aromatic N) is 4. The molecular weight excluding hydrogens is 336 g/mol. The lowest BCUT2D eigenvalue weighted by molar-refractivity contribution is -0.148. The van der Waals surface area contributed by atoms with Gasteiger partial charge in [0.1, 0.15) is 6.04 Å². The van der Waals surface area contributed by atoms with Gasteiger partial charge in [-0.15, -0.1) is 5.10 Å². The average molecular weight is 360 g/mol. The number of aromatic nitrogens is 3. The molecule has 140 valence electrons. The minimum atomic E-state index is -0.925. The first-order chi connectivity index (χ1) is 12.3. The Bertz CT molecular complexity index is 874. The van der Waals surface area contributed by atoms with E-state index < -0.39 is 12.0 Å². The number of ether oxygens (including phenoxy) is 1. The van der Waals surface area contributed by atoms with Crippen LogP contribution in [-0.2, 0) is 23.1 Å². The molecule has 1 amide bonds. The molecule has 1 aliphatic heterocycles. The van der Waals surface area contributed by atoms with Crippen molar-refractivity contribution in [3.05, 3.63) is 16.8 Å². The fraction of sp³-hybridized carbons (Fsp3) is 0.556. The van der Waals surface area contributed by atoms with Crippen LogP contribution >= 0.6 is 0 Å². The lowest BCUT2D eigenvalue weighted by atomic mass is 10.00. The third-order valence-electron chi connectivity index (χ3n) is 5.16. The van der Waals surface area contributed by atoms with Crippen molar-refractivity contribution in [1.82, 2.24) is 19.7 Å². The van der Waals surface area contributed by atoms with Crippen molar-refractivity contribution in [1.29, 1.82) is 0 Å². The van der Waals surface area contributed by atoms with Crippen molar-refractivity contribution in [2.24, 2.45) is 7.05 Å². The van der Waals surface area contributed by atoms with Crippen molar-refractivity contribution in [2.45, 2.75) is 45.6 Å². The van der Waals surface area contributed by atoms with Gasteiger partial charge in [0.05, 0.1) is 12.5 Å². The lowest BCUT2D eigenvalue weighted by Gasteiger charge is -2.21. The van der Waals surface area contributed by atoms with Gasteiger partial charge < -0.3 is 14.7 Å². The number of aryl methyl sites for hydroxylation is 3. The van der Waals surface area contributed by atoms with Gasteiger partial charge >= 0.3 is 5.97 Å². The van der Waals surface area contributed by atoms with Crippen LogP contribution < -0.4 is 4.74 Å². The third-order valence-corrected chi connectivity index (χ3v) is 5.16. The Balaban J connectivity index is 1.85. The van der Waals surface area contributed by atoms with Crippen LogP contribution in [0.1, 0.15) is 36.1 Å². The number of carboxylic acids is 1. The fourth-order valence-corrected chi connectivity index (χ4v) is 3.80. The zero-order valence-corrected chi connectivity index (χ0v) is 15.6. The molecule has 1 saturated heterocycles. The van der Waals surface area contributed by atoms with Gasteiger partial charge in [-0.05, 0) is 44.2 Å². The van der Waals surface area contributed by atoms with Crippen molar-refractivity contribution < 1.29 is 19.4 Å². The standard InChI is InChI=1S/C18H24N4O4/c1-10-12(7-8-14(23)22-9-5-6-13(22)18(24)25)11(2)19-16-15(10)17(26-4)20-21(16)3/h13H,5-9H2,1-4H3,(H,24,25)/t13-/m1/s1. The predicted octanol–water partition coefficient (Wildman–Crippen LogP) is 1.60. The molecule has 0 saturated carbocycles. The Morgan fingerprint density at radius 1 is 1.35 bits per heavy atom. The first-order valence-electron chi connectivity index (χ1n) is 8.74. The second-order valence-electron chi connectivity index (χ2n) is 6.72. The van der Waals surface area contributed by atoms with Gasteiger partial charge in [0.15, 0.2) is 5.65 Å². The second kappa shape index (κ2) is 6.93. The van der Waals surface area contributed by atoms with Crippen molar-refractivity contribution in [3.8, 4) is 5.88 Å². The molecule has 3 rings (SSSR count). The monoisotopic (exact) mass is 360 g/mol. The number of carboxylic acid groups (broad SMARTS) is 1. The summed E-state index contributed by atoms with van der Waals surface area (Å²) in [6, 6.07) is -0.691. The average Bonchev–Trinajstić information content (AvgIpc) is 3.20. The SMILES string of the molecule is COc1nn(C)c2nc(C)c(CCC(=O)N3CCC[C@@H]3C(=O)O)c(C)c12. The molecule has 26 heavy (non-hydrogen) atoms. The summed E-state index contributed by atoms with van der Waals surface area (Å²) >= 11 is 0. The minimum Gasteiger partial charge on any atom is -0.480 e. The molecule has 1 N–H and O–H groups in total. The first kappa shape index (κ1) is 18.2. The normalized spacial score (nSPS) is 17.1.